The summed E-state index contributed by atoms with van der Waals surface area (Å²) in [4.78, 5) is 28.0. The van der Waals surface area contributed by atoms with E-state index >= 15 is 0 Å². The van der Waals surface area contributed by atoms with Gasteiger partial charge in [-0.25, -0.2) is 4.98 Å². The van der Waals surface area contributed by atoms with E-state index in [1.54, 1.807) is 19.2 Å². The van der Waals surface area contributed by atoms with Gasteiger partial charge < -0.3 is 16.0 Å². The van der Waals surface area contributed by atoms with Crippen LogP contribution in [0.25, 0.3) is 0 Å². The Morgan fingerprint density at radius 1 is 1.35 bits per heavy atom. The number of halogens is 1. The molecule has 1 heterocycles. The highest BCUT2D eigenvalue weighted by Gasteiger charge is 2.19. The van der Waals surface area contributed by atoms with E-state index in [1.165, 1.54) is 0 Å². The van der Waals surface area contributed by atoms with Gasteiger partial charge in [-0.1, -0.05) is 0 Å². The molecular weight excluding hydrogens is 324 g/mol. The second-order valence-corrected chi connectivity index (χ2v) is 5.09. The van der Waals surface area contributed by atoms with Crippen molar-refractivity contribution in [1.82, 2.24) is 15.6 Å². The zero-order valence-corrected chi connectivity index (χ0v) is 13.4. The van der Waals surface area contributed by atoms with Crippen LogP contribution in [0.15, 0.2) is 16.7 Å². The van der Waals surface area contributed by atoms with Crippen molar-refractivity contribution in [3.8, 4) is 0 Å². The van der Waals surface area contributed by atoms with Gasteiger partial charge in [0, 0.05) is 23.8 Å². The lowest BCUT2D eigenvalue weighted by Gasteiger charge is -2.15. The molecule has 0 aromatic carbocycles. The molecule has 1 rings (SSSR count). The maximum absolute atomic E-state index is 12.2. The van der Waals surface area contributed by atoms with E-state index in [-0.39, 0.29) is 11.8 Å². The molecule has 20 heavy (non-hydrogen) atoms. The highest BCUT2D eigenvalue weighted by molar-refractivity contribution is 9.10. The number of likely N-dealkylation sites (N-methyl/N-ethyl adjacent to an activating group) is 1. The zero-order valence-electron chi connectivity index (χ0n) is 11.8. The number of carbonyl (C=O) groups excluding carboxylic acids is 2. The lowest BCUT2D eigenvalue weighted by atomic mass is 10.2. The highest BCUT2D eigenvalue weighted by Crippen LogP contribution is 2.18. The molecule has 0 aliphatic heterocycles. The van der Waals surface area contributed by atoms with Crippen molar-refractivity contribution >= 4 is 33.6 Å². The summed E-state index contributed by atoms with van der Waals surface area (Å²) in [6, 6.07) is 1.07. The highest BCUT2D eigenvalue weighted by atomic mass is 79.9. The zero-order chi connectivity index (χ0) is 15.1. The van der Waals surface area contributed by atoms with Crippen LogP contribution in [0.5, 0.6) is 0 Å². The minimum atomic E-state index is -0.601. The molecule has 110 valence electrons. The first-order valence-corrected chi connectivity index (χ1v) is 7.26. The Labute approximate surface area is 126 Å². The van der Waals surface area contributed by atoms with E-state index in [2.05, 4.69) is 36.9 Å². The van der Waals surface area contributed by atoms with Crippen LogP contribution >= 0.6 is 15.9 Å². The molecule has 3 N–H and O–H groups in total. The summed E-state index contributed by atoms with van der Waals surface area (Å²) < 4.78 is 0.704. The molecule has 1 aromatic heterocycles. The van der Waals surface area contributed by atoms with Gasteiger partial charge in [0.2, 0.25) is 5.91 Å². The smallest absolute Gasteiger partial charge is 0.255 e. The molecule has 0 bridgehead atoms. The molecule has 0 saturated heterocycles. The van der Waals surface area contributed by atoms with Gasteiger partial charge in [0.1, 0.15) is 11.9 Å². The number of aromatic nitrogens is 1. The Balaban J connectivity index is 2.86. The predicted octanol–water partition coefficient (Wildman–Crippen LogP) is 1.53. The number of rotatable bonds is 6. The molecule has 0 radical (unpaired) electrons. The van der Waals surface area contributed by atoms with Crippen LogP contribution in [0.2, 0.25) is 0 Å². The maximum atomic E-state index is 12.2. The van der Waals surface area contributed by atoms with Gasteiger partial charge in [-0.3, -0.25) is 9.59 Å². The summed E-state index contributed by atoms with van der Waals surface area (Å²) >= 11 is 3.29. The number of pyridine rings is 1. The summed E-state index contributed by atoms with van der Waals surface area (Å²) in [7, 11) is 0. The summed E-state index contributed by atoms with van der Waals surface area (Å²) in [6.45, 7) is 6.57. The number of carbonyl (C=O) groups is 2. The topological polar surface area (TPSA) is 83.1 Å². The van der Waals surface area contributed by atoms with E-state index in [1.807, 2.05) is 13.8 Å². The van der Waals surface area contributed by atoms with Crippen LogP contribution in [0.1, 0.15) is 31.1 Å². The number of hydrogen-bond donors (Lipinski definition) is 3. The third-order valence-corrected chi connectivity index (χ3v) is 2.97. The first-order chi connectivity index (χ1) is 9.49. The lowest BCUT2D eigenvalue weighted by Crippen LogP contribution is -2.44. The van der Waals surface area contributed by atoms with Crippen LogP contribution in [0, 0.1) is 0 Å². The Morgan fingerprint density at radius 2 is 2.05 bits per heavy atom. The first kappa shape index (κ1) is 16.4. The second-order valence-electron chi connectivity index (χ2n) is 4.17. The van der Waals surface area contributed by atoms with Crippen LogP contribution in [0.3, 0.4) is 0 Å². The number of nitrogens with zero attached hydrogens (tertiary/aromatic N) is 1. The fourth-order valence-electron chi connectivity index (χ4n) is 1.59. The fraction of sp³-hybridized carbons (Fsp3) is 0.462. The van der Waals surface area contributed by atoms with E-state index in [0.717, 1.165) is 0 Å². The molecular formula is C13H19BrN4O2. The molecule has 0 aliphatic carbocycles. The summed E-state index contributed by atoms with van der Waals surface area (Å²) in [5, 5.41) is 8.33. The first-order valence-electron chi connectivity index (χ1n) is 6.47. The lowest BCUT2D eigenvalue weighted by molar-refractivity contribution is -0.122. The SMILES string of the molecule is CCNC(=O)C(C)NC(=O)c1cc(Br)cnc1NCC. The van der Waals surface area contributed by atoms with Gasteiger partial charge >= 0.3 is 0 Å². The van der Waals surface area contributed by atoms with E-state index in [9.17, 15) is 9.59 Å². The Kier molecular flexibility index (Phi) is 6.44. The Hall–Kier alpha value is -1.63. The third kappa shape index (κ3) is 4.48. The number of anilines is 1. The van der Waals surface area contributed by atoms with Crippen LogP contribution in [0.4, 0.5) is 5.82 Å². The largest absolute Gasteiger partial charge is 0.370 e. The summed E-state index contributed by atoms with van der Waals surface area (Å²) in [5.74, 6) is -0.0568. The van der Waals surface area contributed by atoms with Gasteiger partial charge in [0.25, 0.3) is 5.91 Å². The molecule has 0 spiro atoms. The van der Waals surface area contributed by atoms with Gasteiger partial charge in [-0.05, 0) is 42.8 Å². The minimum Gasteiger partial charge on any atom is -0.370 e. The molecule has 1 aromatic rings. The van der Waals surface area contributed by atoms with E-state index in [0.29, 0.717) is 28.9 Å². The van der Waals surface area contributed by atoms with Crippen LogP contribution in [-0.2, 0) is 4.79 Å². The molecule has 7 heteroatoms. The van der Waals surface area contributed by atoms with E-state index in [4.69, 9.17) is 0 Å². The molecule has 6 nitrogen and oxygen atoms in total. The van der Waals surface area contributed by atoms with Gasteiger partial charge in [0.05, 0.1) is 5.56 Å². The third-order valence-electron chi connectivity index (χ3n) is 2.54. The van der Waals surface area contributed by atoms with Crippen molar-refractivity contribution in [3.05, 3.63) is 22.3 Å². The monoisotopic (exact) mass is 342 g/mol. The molecule has 1 atom stereocenters. The summed E-state index contributed by atoms with van der Waals surface area (Å²) in [5.41, 5.74) is 0.400. The molecule has 1 unspecified atom stereocenters. The molecule has 0 fully saturated rings. The van der Waals surface area contributed by atoms with Crippen LogP contribution in [-0.4, -0.2) is 35.9 Å². The standard InChI is InChI=1S/C13H19BrN4O2/c1-4-15-11-10(6-9(14)7-17-11)13(20)18-8(3)12(19)16-5-2/h6-8H,4-5H2,1-3H3,(H,15,17)(H,16,19)(H,18,20). The Morgan fingerprint density at radius 3 is 2.65 bits per heavy atom. The summed E-state index contributed by atoms with van der Waals surface area (Å²) in [6.07, 6.45) is 1.61. The maximum Gasteiger partial charge on any atom is 0.255 e. The molecule has 2 amide bonds. The molecule has 0 aliphatic rings. The van der Waals surface area contributed by atoms with Gasteiger partial charge in [0.15, 0.2) is 0 Å². The number of nitrogens with one attached hydrogen (secondary N) is 3. The van der Waals surface area contributed by atoms with Crippen LogP contribution < -0.4 is 16.0 Å². The number of hydrogen-bond acceptors (Lipinski definition) is 4. The van der Waals surface area contributed by atoms with Crippen molar-refractivity contribution in [2.75, 3.05) is 18.4 Å². The minimum absolute atomic E-state index is 0.214. The van der Waals surface area contributed by atoms with Crippen molar-refractivity contribution in [1.29, 1.82) is 0 Å². The van der Waals surface area contributed by atoms with Gasteiger partial charge in [-0.15, -0.1) is 0 Å². The normalized spacial score (nSPS) is 11.6. The van der Waals surface area contributed by atoms with Crippen molar-refractivity contribution in [2.24, 2.45) is 0 Å². The van der Waals surface area contributed by atoms with Crippen molar-refractivity contribution in [3.63, 3.8) is 0 Å². The average Bonchev–Trinajstić information content (AvgIpc) is 2.41. The number of amides is 2. The predicted molar refractivity (Wildman–Crippen MR) is 81.7 cm³/mol. The van der Waals surface area contributed by atoms with Crippen molar-refractivity contribution in [2.45, 2.75) is 26.8 Å². The molecule has 0 saturated carbocycles. The van der Waals surface area contributed by atoms with Gasteiger partial charge in [-0.2, -0.15) is 0 Å². The second kappa shape index (κ2) is 7.84. The van der Waals surface area contributed by atoms with E-state index < -0.39 is 6.04 Å². The quantitative estimate of drug-likeness (QED) is 0.732. The fourth-order valence-corrected chi connectivity index (χ4v) is 1.92. The Bertz CT molecular complexity index is 493. The van der Waals surface area contributed by atoms with Crippen molar-refractivity contribution < 1.29 is 9.59 Å². The average molecular weight is 343 g/mol.